The second-order valence-electron chi connectivity index (χ2n) is 9.01. The van der Waals surface area contributed by atoms with Crippen molar-refractivity contribution in [2.24, 2.45) is 23.2 Å². The smallest absolute Gasteiger partial charge is 0.407 e. The second-order valence-corrected chi connectivity index (χ2v) is 9.01. The molecule has 6 rings (SSSR count). The molecule has 1 N–H and O–H groups in total. The lowest BCUT2D eigenvalue weighted by atomic mass is 9.46. The molecule has 1 aromatic carbocycles. The van der Waals surface area contributed by atoms with Crippen LogP contribution in [-0.2, 0) is 0 Å². The Morgan fingerprint density at radius 3 is 2.12 bits per heavy atom. The van der Waals surface area contributed by atoms with Crippen molar-refractivity contribution < 1.29 is 9.90 Å². The maximum Gasteiger partial charge on any atom is 0.407 e. The largest absolute Gasteiger partial charge is 0.465 e. The molecule has 0 spiro atoms. The molecule has 3 heteroatoms. The monoisotopic (exact) mass is 325 g/mol. The summed E-state index contributed by atoms with van der Waals surface area (Å²) in [5.74, 6) is 2.98. The van der Waals surface area contributed by atoms with E-state index < -0.39 is 6.09 Å². The van der Waals surface area contributed by atoms with Gasteiger partial charge in [-0.2, -0.15) is 0 Å². The van der Waals surface area contributed by atoms with Gasteiger partial charge < -0.3 is 10.0 Å². The first-order valence-corrected chi connectivity index (χ1v) is 9.69. The summed E-state index contributed by atoms with van der Waals surface area (Å²) in [6.45, 7) is 0.710. The Labute approximate surface area is 144 Å². The minimum atomic E-state index is -0.700. The highest BCUT2D eigenvalue weighted by Crippen LogP contribution is 2.64. The topological polar surface area (TPSA) is 40.5 Å². The van der Waals surface area contributed by atoms with E-state index in [0.717, 1.165) is 24.2 Å². The number of nitrogens with zero attached hydrogens (tertiary/aromatic N) is 1. The van der Waals surface area contributed by atoms with Crippen molar-refractivity contribution in [2.75, 3.05) is 6.54 Å². The number of benzene rings is 1. The van der Waals surface area contributed by atoms with E-state index >= 15 is 0 Å². The van der Waals surface area contributed by atoms with Crippen molar-refractivity contribution in [3.05, 3.63) is 35.9 Å². The Hall–Kier alpha value is -1.51. The van der Waals surface area contributed by atoms with Gasteiger partial charge in [-0.25, -0.2) is 4.79 Å². The highest BCUT2D eigenvalue weighted by atomic mass is 16.4. The molecule has 4 aliphatic carbocycles. The third-order valence-corrected chi connectivity index (χ3v) is 7.58. The van der Waals surface area contributed by atoms with Crippen LogP contribution in [0.4, 0.5) is 4.79 Å². The van der Waals surface area contributed by atoms with Crippen molar-refractivity contribution >= 4 is 6.09 Å². The van der Waals surface area contributed by atoms with E-state index in [2.05, 4.69) is 30.3 Å². The maximum atomic E-state index is 12.0. The summed E-state index contributed by atoms with van der Waals surface area (Å²) in [6.07, 6.45) is 8.35. The van der Waals surface area contributed by atoms with E-state index in [1.165, 1.54) is 44.1 Å². The van der Waals surface area contributed by atoms with Gasteiger partial charge in [-0.05, 0) is 73.7 Å². The highest BCUT2D eigenvalue weighted by molar-refractivity contribution is 5.66. The second kappa shape index (κ2) is 5.24. The lowest BCUT2D eigenvalue weighted by Gasteiger charge is -2.60. The van der Waals surface area contributed by atoms with Gasteiger partial charge in [0, 0.05) is 18.5 Å². The molecule has 1 saturated heterocycles. The summed E-state index contributed by atoms with van der Waals surface area (Å²) in [4.78, 5) is 13.8. The zero-order chi connectivity index (χ0) is 16.3. The molecule has 4 bridgehead atoms. The first-order chi connectivity index (χ1) is 11.6. The molecule has 4 saturated carbocycles. The van der Waals surface area contributed by atoms with E-state index in [0.29, 0.717) is 12.5 Å². The van der Waals surface area contributed by atoms with Crippen molar-refractivity contribution in [2.45, 2.75) is 56.9 Å². The van der Waals surface area contributed by atoms with Crippen molar-refractivity contribution in [1.29, 1.82) is 0 Å². The van der Waals surface area contributed by atoms with Gasteiger partial charge >= 0.3 is 6.09 Å². The summed E-state index contributed by atoms with van der Waals surface area (Å²) < 4.78 is 0. The van der Waals surface area contributed by atoms with E-state index in [1.54, 1.807) is 0 Å². The number of amides is 1. The molecule has 1 amide bonds. The van der Waals surface area contributed by atoms with Gasteiger partial charge in [0.15, 0.2) is 0 Å². The van der Waals surface area contributed by atoms with E-state index in [1.807, 2.05) is 4.90 Å². The molecule has 3 nitrogen and oxygen atoms in total. The quantitative estimate of drug-likeness (QED) is 0.853. The van der Waals surface area contributed by atoms with Crippen LogP contribution in [0.1, 0.15) is 56.4 Å². The van der Waals surface area contributed by atoms with Gasteiger partial charge in [0.1, 0.15) is 0 Å². The average molecular weight is 325 g/mol. The predicted octanol–water partition coefficient (Wildman–Crippen LogP) is 4.74. The average Bonchev–Trinajstić information content (AvgIpc) is 3.00. The van der Waals surface area contributed by atoms with Gasteiger partial charge in [-0.15, -0.1) is 0 Å². The number of carboxylic acid groups (broad SMARTS) is 1. The summed E-state index contributed by atoms with van der Waals surface area (Å²) in [5, 5.41) is 9.88. The van der Waals surface area contributed by atoms with Gasteiger partial charge in [0.05, 0.1) is 0 Å². The molecule has 1 aliphatic heterocycles. The molecule has 1 heterocycles. The fourth-order valence-corrected chi connectivity index (χ4v) is 7.35. The molecular weight excluding hydrogens is 298 g/mol. The Bertz CT molecular complexity index is 605. The van der Waals surface area contributed by atoms with Crippen LogP contribution in [-0.4, -0.2) is 28.7 Å². The van der Waals surface area contributed by atoms with Crippen LogP contribution >= 0.6 is 0 Å². The molecule has 24 heavy (non-hydrogen) atoms. The fourth-order valence-electron chi connectivity index (χ4n) is 7.35. The van der Waals surface area contributed by atoms with Gasteiger partial charge in [0.25, 0.3) is 0 Å². The number of carbonyl (C=O) groups is 1. The first-order valence-electron chi connectivity index (χ1n) is 9.69. The third-order valence-electron chi connectivity index (χ3n) is 7.58. The van der Waals surface area contributed by atoms with Gasteiger partial charge in [-0.1, -0.05) is 30.3 Å². The van der Waals surface area contributed by atoms with E-state index in [-0.39, 0.29) is 11.5 Å². The molecular formula is C21H27NO2. The Morgan fingerprint density at radius 2 is 1.58 bits per heavy atom. The highest BCUT2D eigenvalue weighted by Gasteiger charge is 2.59. The zero-order valence-electron chi connectivity index (χ0n) is 14.2. The predicted molar refractivity (Wildman–Crippen MR) is 92.9 cm³/mol. The number of hydrogen-bond donors (Lipinski definition) is 1. The molecule has 0 aromatic heterocycles. The zero-order valence-corrected chi connectivity index (χ0v) is 14.2. The van der Waals surface area contributed by atoms with Crippen LogP contribution in [0.25, 0.3) is 0 Å². The summed E-state index contributed by atoms with van der Waals surface area (Å²) in [6, 6.07) is 10.9. The lowest BCUT2D eigenvalue weighted by Crippen LogP contribution is -2.57. The number of hydrogen-bond acceptors (Lipinski definition) is 1. The lowest BCUT2D eigenvalue weighted by molar-refractivity contribution is -0.0919. The van der Waals surface area contributed by atoms with Crippen molar-refractivity contribution in [3.63, 3.8) is 0 Å². The van der Waals surface area contributed by atoms with Crippen molar-refractivity contribution in [3.8, 4) is 0 Å². The Balaban J connectivity index is 1.55. The normalized spacial score (nSPS) is 43.3. The molecule has 5 fully saturated rings. The van der Waals surface area contributed by atoms with E-state index in [9.17, 15) is 9.90 Å². The summed E-state index contributed by atoms with van der Waals surface area (Å²) in [5.41, 5.74) is 1.60. The van der Waals surface area contributed by atoms with Crippen LogP contribution < -0.4 is 0 Å². The first kappa shape index (κ1) is 14.8. The fraction of sp³-hybridized carbons (Fsp3) is 0.667. The molecule has 5 aliphatic rings. The third kappa shape index (κ3) is 2.13. The maximum absolute atomic E-state index is 12.0. The van der Waals surface area contributed by atoms with Crippen molar-refractivity contribution in [1.82, 2.24) is 4.90 Å². The molecule has 2 unspecified atom stereocenters. The van der Waals surface area contributed by atoms with Gasteiger partial charge in [-0.3, -0.25) is 0 Å². The Morgan fingerprint density at radius 1 is 1.00 bits per heavy atom. The molecule has 1 aromatic rings. The summed E-state index contributed by atoms with van der Waals surface area (Å²) in [7, 11) is 0. The van der Waals surface area contributed by atoms with Crippen LogP contribution in [0.5, 0.6) is 0 Å². The van der Waals surface area contributed by atoms with Crippen LogP contribution in [0.2, 0.25) is 0 Å². The molecule has 128 valence electrons. The minimum absolute atomic E-state index is 0.200. The van der Waals surface area contributed by atoms with E-state index in [4.69, 9.17) is 0 Å². The van der Waals surface area contributed by atoms with Crippen LogP contribution in [0.3, 0.4) is 0 Å². The summed E-state index contributed by atoms with van der Waals surface area (Å²) >= 11 is 0. The molecule has 2 atom stereocenters. The van der Waals surface area contributed by atoms with Gasteiger partial charge in [0.2, 0.25) is 0 Å². The minimum Gasteiger partial charge on any atom is -0.465 e. The standard InChI is InChI=1S/C21H27NO2/c23-20(24)22-7-6-18(17-4-2-1-3-5-17)19(22)21-11-14-8-15(12-21)10-16(9-14)13-21/h1-5,14-16,18-19H,6-13H2,(H,23,24). The van der Waals surface area contributed by atoms with Crippen LogP contribution in [0.15, 0.2) is 30.3 Å². The Kier molecular flexibility index (Phi) is 3.23. The SMILES string of the molecule is O=C(O)N1CCC(c2ccccc2)C1C12CC3CC(CC(C3)C1)C2. The number of rotatable bonds is 2. The number of likely N-dealkylation sites (tertiary alicyclic amines) is 1. The molecule has 0 radical (unpaired) electrons. The van der Waals surface area contributed by atoms with Crippen LogP contribution in [0, 0.1) is 23.2 Å².